The Bertz CT molecular complexity index is 265. The Morgan fingerprint density at radius 2 is 1.88 bits per heavy atom. The number of halogens is 2. The molecule has 0 aromatic heterocycles. The lowest BCUT2D eigenvalue weighted by molar-refractivity contribution is 0.232. The molecule has 92 valence electrons. The van der Waals surface area contributed by atoms with E-state index in [0.29, 0.717) is 12.6 Å². The van der Waals surface area contributed by atoms with Gasteiger partial charge in [-0.15, -0.1) is 23.2 Å². The normalized spacial score (nSPS) is 28.5. The third kappa shape index (κ3) is 3.42. The maximum atomic E-state index is 11.5. The monoisotopic (exact) mass is 264 g/mol. The van der Waals surface area contributed by atoms with Gasteiger partial charge in [-0.2, -0.15) is 0 Å². The summed E-state index contributed by atoms with van der Waals surface area (Å²) in [5.41, 5.74) is 0. The number of nitrogens with one attached hydrogen (secondary N) is 2. The van der Waals surface area contributed by atoms with Crippen LogP contribution in [-0.2, 0) is 0 Å². The third-order valence-corrected chi connectivity index (χ3v) is 4.33. The van der Waals surface area contributed by atoms with Gasteiger partial charge in [-0.05, 0) is 19.3 Å². The molecule has 2 aliphatic rings. The van der Waals surface area contributed by atoms with Crippen LogP contribution in [0.2, 0.25) is 0 Å². The Kier molecular flexibility index (Phi) is 3.85. The van der Waals surface area contributed by atoms with Gasteiger partial charge in [0.05, 0.1) is 0 Å². The molecule has 0 aromatic rings. The van der Waals surface area contributed by atoms with E-state index in [-0.39, 0.29) is 11.9 Å². The highest BCUT2D eigenvalue weighted by molar-refractivity contribution is 6.50. The molecule has 0 spiro atoms. The Morgan fingerprint density at radius 1 is 1.25 bits per heavy atom. The quantitative estimate of drug-likeness (QED) is 0.757. The van der Waals surface area contributed by atoms with Crippen LogP contribution in [0.3, 0.4) is 0 Å². The van der Waals surface area contributed by atoms with E-state index in [1.54, 1.807) is 0 Å². The van der Waals surface area contributed by atoms with Crippen molar-refractivity contribution < 1.29 is 4.79 Å². The van der Waals surface area contributed by atoms with Crippen molar-refractivity contribution in [2.45, 2.75) is 48.9 Å². The molecule has 2 aliphatic carbocycles. The molecule has 2 saturated carbocycles. The maximum absolute atomic E-state index is 11.5. The second-order valence-corrected chi connectivity index (χ2v) is 6.39. The van der Waals surface area contributed by atoms with Crippen LogP contribution in [0.5, 0.6) is 0 Å². The summed E-state index contributed by atoms with van der Waals surface area (Å²) >= 11 is 11.8. The summed E-state index contributed by atoms with van der Waals surface area (Å²) in [4.78, 5) is 11.5. The molecule has 2 N–H and O–H groups in total. The van der Waals surface area contributed by atoms with E-state index in [4.69, 9.17) is 23.2 Å². The van der Waals surface area contributed by atoms with Crippen LogP contribution < -0.4 is 10.6 Å². The number of hydrogen-bond acceptors (Lipinski definition) is 1. The zero-order chi connectivity index (χ0) is 11.6. The first kappa shape index (κ1) is 12.3. The van der Waals surface area contributed by atoms with Crippen LogP contribution in [-0.4, -0.2) is 23.0 Å². The predicted molar refractivity (Wildman–Crippen MR) is 66.0 cm³/mol. The Morgan fingerprint density at radius 3 is 2.44 bits per heavy atom. The first-order valence-corrected chi connectivity index (χ1v) is 6.76. The van der Waals surface area contributed by atoms with Crippen molar-refractivity contribution in [1.29, 1.82) is 0 Å². The molecule has 1 atom stereocenters. The molecule has 0 saturated heterocycles. The molecule has 5 heteroatoms. The van der Waals surface area contributed by atoms with Gasteiger partial charge in [-0.3, -0.25) is 0 Å². The zero-order valence-electron chi connectivity index (χ0n) is 9.27. The third-order valence-electron chi connectivity index (χ3n) is 3.41. The van der Waals surface area contributed by atoms with Crippen molar-refractivity contribution in [2.75, 3.05) is 6.54 Å². The Labute approximate surface area is 106 Å². The van der Waals surface area contributed by atoms with Gasteiger partial charge in [0, 0.05) is 18.5 Å². The van der Waals surface area contributed by atoms with Crippen molar-refractivity contribution in [3.8, 4) is 0 Å². The molecule has 2 amide bonds. The van der Waals surface area contributed by atoms with Crippen LogP contribution >= 0.6 is 23.2 Å². The van der Waals surface area contributed by atoms with Crippen molar-refractivity contribution in [3.05, 3.63) is 0 Å². The van der Waals surface area contributed by atoms with E-state index < -0.39 is 4.33 Å². The van der Waals surface area contributed by atoms with Crippen LogP contribution in [0.25, 0.3) is 0 Å². The highest BCUT2D eigenvalue weighted by atomic mass is 35.5. The van der Waals surface area contributed by atoms with Crippen LogP contribution in [0.15, 0.2) is 0 Å². The molecule has 0 aliphatic heterocycles. The Hall–Kier alpha value is -0.150. The van der Waals surface area contributed by atoms with Gasteiger partial charge in [0.2, 0.25) is 0 Å². The standard InChI is InChI=1S/C11H18Cl2N2O/c12-11(13)6-8(11)7-14-10(16)15-9-4-2-1-3-5-9/h8-9H,1-7H2,(H2,14,15,16)/t8-/m0/s1. The Balaban J connectivity index is 1.61. The van der Waals surface area contributed by atoms with Gasteiger partial charge in [0.25, 0.3) is 0 Å². The van der Waals surface area contributed by atoms with Gasteiger partial charge < -0.3 is 10.6 Å². The highest BCUT2D eigenvalue weighted by Crippen LogP contribution is 2.52. The number of carbonyl (C=O) groups excluding carboxylic acids is 1. The zero-order valence-corrected chi connectivity index (χ0v) is 10.8. The number of carbonyl (C=O) groups is 1. The molecule has 2 fully saturated rings. The molecule has 0 unspecified atom stereocenters. The van der Waals surface area contributed by atoms with E-state index in [0.717, 1.165) is 19.3 Å². The smallest absolute Gasteiger partial charge is 0.315 e. The molecule has 0 radical (unpaired) electrons. The van der Waals surface area contributed by atoms with E-state index in [1.165, 1.54) is 19.3 Å². The number of urea groups is 1. The van der Waals surface area contributed by atoms with E-state index in [1.807, 2.05) is 0 Å². The molecule has 2 rings (SSSR count). The summed E-state index contributed by atoms with van der Waals surface area (Å²) in [5.74, 6) is 0.216. The minimum Gasteiger partial charge on any atom is -0.338 e. The van der Waals surface area contributed by atoms with Gasteiger partial charge in [0.15, 0.2) is 0 Å². The predicted octanol–water partition coefficient (Wildman–Crippen LogP) is 2.81. The molecule has 16 heavy (non-hydrogen) atoms. The lowest BCUT2D eigenvalue weighted by Crippen LogP contribution is -2.43. The average Bonchev–Trinajstić information content (AvgIpc) is 2.85. The SMILES string of the molecule is O=C(NC[C@@H]1CC1(Cl)Cl)NC1CCCCC1. The maximum Gasteiger partial charge on any atom is 0.315 e. The van der Waals surface area contributed by atoms with Crippen molar-refractivity contribution >= 4 is 29.2 Å². The summed E-state index contributed by atoms with van der Waals surface area (Å²) in [6, 6.07) is 0.271. The summed E-state index contributed by atoms with van der Waals surface area (Å²) in [6.07, 6.45) is 6.72. The van der Waals surface area contributed by atoms with Gasteiger partial charge in [-0.25, -0.2) is 4.79 Å². The molecular weight excluding hydrogens is 247 g/mol. The van der Waals surface area contributed by atoms with Gasteiger partial charge in [0.1, 0.15) is 4.33 Å². The van der Waals surface area contributed by atoms with Gasteiger partial charge in [-0.1, -0.05) is 19.3 Å². The van der Waals surface area contributed by atoms with Crippen LogP contribution in [0.4, 0.5) is 4.79 Å². The summed E-state index contributed by atoms with van der Waals surface area (Å²) in [7, 11) is 0. The molecule has 0 bridgehead atoms. The first-order valence-electron chi connectivity index (χ1n) is 6.00. The second-order valence-electron chi connectivity index (χ2n) is 4.85. The van der Waals surface area contributed by atoms with E-state index in [2.05, 4.69) is 10.6 Å². The fourth-order valence-electron chi connectivity index (χ4n) is 2.19. The topological polar surface area (TPSA) is 41.1 Å². The largest absolute Gasteiger partial charge is 0.338 e. The fraction of sp³-hybridized carbons (Fsp3) is 0.909. The molecule has 0 heterocycles. The summed E-state index contributed by atoms with van der Waals surface area (Å²) in [5, 5.41) is 5.82. The van der Waals surface area contributed by atoms with Crippen molar-refractivity contribution in [2.24, 2.45) is 5.92 Å². The van der Waals surface area contributed by atoms with E-state index in [9.17, 15) is 4.79 Å². The number of rotatable bonds is 3. The minimum atomic E-state index is -0.599. The lowest BCUT2D eigenvalue weighted by atomic mass is 9.96. The van der Waals surface area contributed by atoms with Gasteiger partial charge >= 0.3 is 6.03 Å². The first-order chi connectivity index (χ1) is 7.58. The summed E-state index contributed by atoms with van der Waals surface area (Å²) in [6.45, 7) is 0.575. The summed E-state index contributed by atoms with van der Waals surface area (Å²) < 4.78 is -0.599. The van der Waals surface area contributed by atoms with E-state index >= 15 is 0 Å². The number of alkyl halides is 2. The average molecular weight is 265 g/mol. The lowest BCUT2D eigenvalue weighted by Gasteiger charge is -2.22. The molecule has 3 nitrogen and oxygen atoms in total. The van der Waals surface area contributed by atoms with Crippen LogP contribution in [0, 0.1) is 5.92 Å². The highest BCUT2D eigenvalue weighted by Gasteiger charge is 2.51. The van der Waals surface area contributed by atoms with Crippen molar-refractivity contribution in [1.82, 2.24) is 10.6 Å². The number of amides is 2. The second kappa shape index (κ2) is 5.01. The van der Waals surface area contributed by atoms with Crippen LogP contribution in [0.1, 0.15) is 38.5 Å². The minimum absolute atomic E-state index is 0.0806. The molecule has 0 aromatic carbocycles. The number of hydrogen-bond donors (Lipinski definition) is 2. The molecular formula is C11H18Cl2N2O. The van der Waals surface area contributed by atoms with Crippen molar-refractivity contribution in [3.63, 3.8) is 0 Å². The fourth-order valence-corrected chi connectivity index (χ4v) is 2.72.